The van der Waals surface area contributed by atoms with Crippen LogP contribution in [0.3, 0.4) is 0 Å². The maximum absolute atomic E-state index is 4.51. The third kappa shape index (κ3) is 1.78. The fourth-order valence-corrected chi connectivity index (χ4v) is 3.31. The quantitative estimate of drug-likeness (QED) is 0.846. The molecule has 1 aromatic carbocycles. The fourth-order valence-electron chi connectivity index (χ4n) is 3.31. The number of aryl methyl sites for hydroxylation is 1. The second-order valence-electron chi connectivity index (χ2n) is 5.46. The van der Waals surface area contributed by atoms with Gasteiger partial charge in [0.15, 0.2) is 5.82 Å². The van der Waals surface area contributed by atoms with Crippen molar-refractivity contribution < 1.29 is 0 Å². The van der Waals surface area contributed by atoms with E-state index < -0.39 is 0 Å². The Morgan fingerprint density at radius 2 is 1.95 bits per heavy atom. The van der Waals surface area contributed by atoms with E-state index in [1.54, 1.807) is 0 Å². The second-order valence-corrected chi connectivity index (χ2v) is 5.46. The molecule has 4 heteroatoms. The first-order chi connectivity index (χ1) is 9.43. The number of nitrogens with one attached hydrogen (secondary N) is 1. The molecule has 0 saturated carbocycles. The van der Waals surface area contributed by atoms with Crippen molar-refractivity contribution in [2.24, 2.45) is 0 Å². The molecule has 98 valence electrons. The minimum atomic E-state index is 0.577. The molecule has 1 saturated heterocycles. The predicted molar refractivity (Wildman–Crippen MR) is 74.0 cm³/mol. The molecule has 0 bridgehead atoms. The predicted octanol–water partition coefficient (Wildman–Crippen LogP) is 1.97. The standard InChI is InChI=1S/C15H18N4/c1-2-4-13-11(3-1)7-10-19-14(17-18-15(13)19)12-5-8-16-9-6-12/h1-4,12,16H,5-10H2. The minimum Gasteiger partial charge on any atom is -0.317 e. The lowest BCUT2D eigenvalue weighted by molar-refractivity contribution is 0.429. The molecule has 0 atom stereocenters. The van der Waals surface area contributed by atoms with Crippen LogP contribution < -0.4 is 5.32 Å². The summed E-state index contributed by atoms with van der Waals surface area (Å²) >= 11 is 0. The Hall–Kier alpha value is -1.68. The number of hydrogen-bond acceptors (Lipinski definition) is 3. The summed E-state index contributed by atoms with van der Waals surface area (Å²) in [6, 6.07) is 8.57. The van der Waals surface area contributed by atoms with Crippen molar-refractivity contribution in [2.75, 3.05) is 13.1 Å². The summed E-state index contributed by atoms with van der Waals surface area (Å²) in [5, 5.41) is 12.4. The van der Waals surface area contributed by atoms with Gasteiger partial charge >= 0.3 is 0 Å². The van der Waals surface area contributed by atoms with E-state index in [1.165, 1.54) is 29.8 Å². The van der Waals surface area contributed by atoms with Gasteiger partial charge in [0.25, 0.3) is 0 Å². The summed E-state index contributed by atoms with van der Waals surface area (Å²) in [4.78, 5) is 0. The van der Waals surface area contributed by atoms with Crippen molar-refractivity contribution in [1.82, 2.24) is 20.1 Å². The minimum absolute atomic E-state index is 0.577. The summed E-state index contributed by atoms with van der Waals surface area (Å²) in [5.74, 6) is 2.84. The molecule has 0 aliphatic carbocycles. The topological polar surface area (TPSA) is 42.7 Å². The Bertz CT molecular complexity index is 596. The van der Waals surface area contributed by atoms with Crippen LogP contribution in [0.15, 0.2) is 24.3 Å². The molecule has 0 amide bonds. The van der Waals surface area contributed by atoms with Crippen LogP contribution in [-0.4, -0.2) is 27.9 Å². The third-order valence-electron chi connectivity index (χ3n) is 4.35. The van der Waals surface area contributed by atoms with Gasteiger partial charge in [-0.1, -0.05) is 24.3 Å². The lowest BCUT2D eigenvalue weighted by Gasteiger charge is -2.24. The van der Waals surface area contributed by atoms with Crippen LogP contribution in [0.4, 0.5) is 0 Å². The molecule has 4 nitrogen and oxygen atoms in total. The highest BCUT2D eigenvalue weighted by Crippen LogP contribution is 2.32. The molecule has 2 aliphatic heterocycles. The molecule has 0 unspecified atom stereocenters. The Morgan fingerprint density at radius 1 is 1.11 bits per heavy atom. The van der Waals surface area contributed by atoms with Crippen LogP contribution in [0.1, 0.15) is 30.1 Å². The van der Waals surface area contributed by atoms with Crippen molar-refractivity contribution in [3.8, 4) is 11.4 Å². The van der Waals surface area contributed by atoms with Gasteiger partial charge in [0.05, 0.1) is 0 Å². The van der Waals surface area contributed by atoms with E-state index in [0.717, 1.165) is 31.9 Å². The Kier molecular flexibility index (Phi) is 2.62. The Labute approximate surface area is 112 Å². The van der Waals surface area contributed by atoms with Crippen LogP contribution in [-0.2, 0) is 13.0 Å². The van der Waals surface area contributed by atoms with Crippen molar-refractivity contribution in [3.05, 3.63) is 35.7 Å². The van der Waals surface area contributed by atoms with Gasteiger partial charge < -0.3 is 9.88 Å². The van der Waals surface area contributed by atoms with Gasteiger partial charge in [-0.25, -0.2) is 0 Å². The van der Waals surface area contributed by atoms with E-state index in [1.807, 2.05) is 0 Å². The zero-order valence-corrected chi connectivity index (χ0v) is 11.0. The van der Waals surface area contributed by atoms with Crippen molar-refractivity contribution >= 4 is 0 Å². The number of rotatable bonds is 1. The van der Waals surface area contributed by atoms with E-state index >= 15 is 0 Å². The van der Waals surface area contributed by atoms with E-state index in [0.29, 0.717) is 5.92 Å². The molecular formula is C15H18N4. The Morgan fingerprint density at radius 3 is 2.84 bits per heavy atom. The van der Waals surface area contributed by atoms with Gasteiger partial charge in [0.1, 0.15) is 5.82 Å². The van der Waals surface area contributed by atoms with E-state index in [2.05, 4.69) is 44.3 Å². The van der Waals surface area contributed by atoms with Gasteiger partial charge in [-0.3, -0.25) is 0 Å². The number of nitrogens with zero attached hydrogens (tertiary/aromatic N) is 3. The zero-order chi connectivity index (χ0) is 12.7. The van der Waals surface area contributed by atoms with E-state index in [-0.39, 0.29) is 0 Å². The smallest absolute Gasteiger partial charge is 0.164 e. The summed E-state index contributed by atoms with van der Waals surface area (Å²) in [6.45, 7) is 3.23. The van der Waals surface area contributed by atoms with Gasteiger partial charge in [-0.15, -0.1) is 10.2 Å². The lowest BCUT2D eigenvalue weighted by Crippen LogP contribution is -2.28. The van der Waals surface area contributed by atoms with Gasteiger partial charge in [-0.05, 0) is 37.9 Å². The van der Waals surface area contributed by atoms with Crippen molar-refractivity contribution in [2.45, 2.75) is 31.7 Å². The first-order valence-electron chi connectivity index (χ1n) is 7.15. The largest absolute Gasteiger partial charge is 0.317 e. The second kappa shape index (κ2) is 4.46. The van der Waals surface area contributed by atoms with Crippen LogP contribution >= 0.6 is 0 Å². The highest BCUT2D eigenvalue weighted by molar-refractivity contribution is 5.62. The molecule has 19 heavy (non-hydrogen) atoms. The number of hydrogen-bond donors (Lipinski definition) is 1. The molecule has 0 spiro atoms. The maximum Gasteiger partial charge on any atom is 0.164 e. The van der Waals surface area contributed by atoms with Crippen molar-refractivity contribution in [1.29, 1.82) is 0 Å². The molecule has 1 aromatic heterocycles. The van der Waals surface area contributed by atoms with Gasteiger partial charge in [0, 0.05) is 18.0 Å². The monoisotopic (exact) mass is 254 g/mol. The molecule has 3 heterocycles. The molecular weight excluding hydrogens is 236 g/mol. The van der Waals surface area contributed by atoms with Crippen LogP contribution in [0.25, 0.3) is 11.4 Å². The average Bonchev–Trinajstić information content (AvgIpc) is 2.92. The number of fused-ring (bicyclic) bond motifs is 3. The highest BCUT2D eigenvalue weighted by Gasteiger charge is 2.26. The first-order valence-corrected chi connectivity index (χ1v) is 7.15. The van der Waals surface area contributed by atoms with Crippen LogP contribution in [0, 0.1) is 0 Å². The normalized spacial score (nSPS) is 18.9. The molecule has 1 N–H and O–H groups in total. The third-order valence-corrected chi connectivity index (χ3v) is 4.35. The molecule has 0 radical (unpaired) electrons. The number of benzene rings is 1. The first kappa shape index (κ1) is 11.2. The van der Waals surface area contributed by atoms with Crippen LogP contribution in [0.5, 0.6) is 0 Å². The molecule has 4 rings (SSSR count). The highest BCUT2D eigenvalue weighted by atomic mass is 15.3. The molecule has 1 fully saturated rings. The summed E-state index contributed by atoms with van der Waals surface area (Å²) in [7, 11) is 0. The van der Waals surface area contributed by atoms with Crippen LogP contribution in [0.2, 0.25) is 0 Å². The average molecular weight is 254 g/mol. The zero-order valence-electron chi connectivity index (χ0n) is 11.0. The fraction of sp³-hybridized carbons (Fsp3) is 0.467. The molecule has 2 aliphatic rings. The number of aromatic nitrogens is 3. The summed E-state index contributed by atoms with van der Waals surface area (Å²) < 4.78 is 2.35. The maximum atomic E-state index is 4.51. The van der Waals surface area contributed by atoms with Gasteiger partial charge in [0.2, 0.25) is 0 Å². The Balaban J connectivity index is 1.77. The lowest BCUT2D eigenvalue weighted by atomic mass is 9.96. The summed E-state index contributed by atoms with van der Waals surface area (Å²) in [5.41, 5.74) is 2.67. The SMILES string of the molecule is c1ccc2c(c1)CCn1c-2nnc1C1CCNCC1. The molecule has 2 aromatic rings. The van der Waals surface area contributed by atoms with E-state index in [9.17, 15) is 0 Å². The van der Waals surface area contributed by atoms with Gasteiger partial charge in [-0.2, -0.15) is 0 Å². The van der Waals surface area contributed by atoms with E-state index in [4.69, 9.17) is 0 Å². The number of piperidine rings is 1. The van der Waals surface area contributed by atoms with Crippen molar-refractivity contribution in [3.63, 3.8) is 0 Å². The summed E-state index contributed by atoms with van der Waals surface area (Å²) in [6.07, 6.45) is 3.46.